The highest BCUT2D eigenvalue weighted by molar-refractivity contribution is 6.03. The molecule has 0 aromatic carbocycles. The summed E-state index contributed by atoms with van der Waals surface area (Å²) in [5, 5.41) is 15.1. The molecule has 0 spiro atoms. The highest BCUT2D eigenvalue weighted by atomic mass is 16.4. The molecule has 1 amide bonds. The summed E-state index contributed by atoms with van der Waals surface area (Å²) in [6.07, 6.45) is 7.61. The van der Waals surface area contributed by atoms with Crippen molar-refractivity contribution in [3.8, 4) is 0 Å². The first-order valence-corrected chi connectivity index (χ1v) is 8.25. The van der Waals surface area contributed by atoms with Crippen LogP contribution in [0, 0.1) is 0 Å². The number of aliphatic carboxylic acids is 1. The number of hydrogen-bond acceptors (Lipinski definition) is 6. The number of amides is 1. The fourth-order valence-corrected chi connectivity index (χ4v) is 2.75. The number of carboxylic acid groups (broad SMARTS) is 1. The zero-order valence-electron chi connectivity index (χ0n) is 13.8. The van der Waals surface area contributed by atoms with E-state index >= 15 is 0 Å². The van der Waals surface area contributed by atoms with Crippen LogP contribution in [0.15, 0.2) is 24.7 Å². The maximum absolute atomic E-state index is 12.2. The number of carboxylic acids is 1. The number of hydrogen-bond donors (Lipinski definition) is 2. The van der Waals surface area contributed by atoms with Gasteiger partial charge in [0, 0.05) is 19.3 Å². The number of aromatic nitrogens is 4. The first-order valence-electron chi connectivity index (χ1n) is 8.25. The van der Waals surface area contributed by atoms with Crippen molar-refractivity contribution >= 4 is 23.6 Å². The largest absolute Gasteiger partial charge is 0.480 e. The van der Waals surface area contributed by atoms with Crippen molar-refractivity contribution in [2.24, 2.45) is 0 Å². The lowest BCUT2D eigenvalue weighted by molar-refractivity contribution is -0.137. The number of carbonyl (C=O) groups excluding carboxylic acids is 1. The van der Waals surface area contributed by atoms with Crippen molar-refractivity contribution in [1.29, 1.82) is 0 Å². The monoisotopic (exact) mass is 344 g/mol. The van der Waals surface area contributed by atoms with E-state index in [9.17, 15) is 9.59 Å². The Balaban J connectivity index is 1.62. The van der Waals surface area contributed by atoms with Gasteiger partial charge >= 0.3 is 5.97 Å². The predicted octanol–water partition coefficient (Wildman–Crippen LogP) is 1.39. The lowest BCUT2D eigenvalue weighted by atomic mass is 10.2. The van der Waals surface area contributed by atoms with Gasteiger partial charge in [0.25, 0.3) is 5.91 Å². The van der Waals surface area contributed by atoms with Crippen LogP contribution in [0.3, 0.4) is 0 Å². The molecule has 9 heteroatoms. The molecule has 0 saturated carbocycles. The van der Waals surface area contributed by atoms with E-state index in [4.69, 9.17) is 5.11 Å². The van der Waals surface area contributed by atoms with Crippen LogP contribution in [0.2, 0.25) is 0 Å². The van der Waals surface area contributed by atoms with Gasteiger partial charge in [-0.2, -0.15) is 0 Å². The zero-order chi connectivity index (χ0) is 17.6. The number of pyridine rings is 1. The molecule has 9 nitrogen and oxygen atoms in total. The van der Waals surface area contributed by atoms with Crippen molar-refractivity contribution < 1.29 is 14.7 Å². The molecular formula is C16H20N6O3. The molecule has 1 fully saturated rings. The van der Waals surface area contributed by atoms with E-state index in [-0.39, 0.29) is 18.4 Å². The van der Waals surface area contributed by atoms with Gasteiger partial charge in [-0.3, -0.25) is 14.9 Å². The summed E-state index contributed by atoms with van der Waals surface area (Å²) in [6, 6.07) is 3.56. The minimum Gasteiger partial charge on any atom is -0.480 e. The second-order valence-electron chi connectivity index (χ2n) is 5.92. The van der Waals surface area contributed by atoms with E-state index in [2.05, 4.69) is 25.3 Å². The van der Waals surface area contributed by atoms with Crippen molar-refractivity contribution in [2.45, 2.75) is 32.2 Å². The first kappa shape index (κ1) is 16.9. The number of carbonyl (C=O) groups is 2. The van der Waals surface area contributed by atoms with Gasteiger partial charge in [-0.05, 0) is 25.0 Å². The Hall–Kier alpha value is -2.97. The van der Waals surface area contributed by atoms with Gasteiger partial charge in [-0.25, -0.2) is 14.6 Å². The number of rotatable bonds is 5. The minimum absolute atomic E-state index is 0.0582. The van der Waals surface area contributed by atoms with Crippen molar-refractivity contribution in [3.05, 3.63) is 30.2 Å². The molecule has 1 aliphatic heterocycles. The molecule has 132 valence electrons. The van der Waals surface area contributed by atoms with E-state index in [1.807, 2.05) is 6.07 Å². The lowest BCUT2D eigenvalue weighted by Gasteiger charge is -2.21. The summed E-state index contributed by atoms with van der Waals surface area (Å²) in [5.74, 6) is -0.482. The van der Waals surface area contributed by atoms with Crippen LogP contribution in [0.5, 0.6) is 0 Å². The lowest BCUT2D eigenvalue weighted by Crippen LogP contribution is -2.25. The predicted molar refractivity (Wildman–Crippen MR) is 90.5 cm³/mol. The molecule has 0 aliphatic carbocycles. The van der Waals surface area contributed by atoms with Crippen LogP contribution in [-0.4, -0.2) is 49.8 Å². The SMILES string of the molecule is O=C(O)Cn1cnc(NC(=O)c2ccc(N3CCCCCC3)nc2)n1. The van der Waals surface area contributed by atoms with Gasteiger partial charge in [0.2, 0.25) is 5.95 Å². The fourth-order valence-electron chi connectivity index (χ4n) is 2.75. The Morgan fingerprint density at radius 1 is 1.12 bits per heavy atom. The molecule has 0 radical (unpaired) electrons. The highest BCUT2D eigenvalue weighted by Gasteiger charge is 2.14. The Morgan fingerprint density at radius 3 is 2.52 bits per heavy atom. The molecule has 2 aromatic heterocycles. The molecule has 0 unspecified atom stereocenters. The molecule has 1 aliphatic rings. The van der Waals surface area contributed by atoms with E-state index in [0.717, 1.165) is 36.4 Å². The average Bonchev–Trinajstić information content (AvgIpc) is 2.85. The van der Waals surface area contributed by atoms with Crippen LogP contribution in [-0.2, 0) is 11.3 Å². The topological polar surface area (TPSA) is 113 Å². The summed E-state index contributed by atoms with van der Waals surface area (Å²) in [7, 11) is 0. The molecule has 2 aromatic rings. The van der Waals surface area contributed by atoms with Crippen LogP contribution < -0.4 is 10.2 Å². The van der Waals surface area contributed by atoms with E-state index < -0.39 is 5.97 Å². The second-order valence-corrected chi connectivity index (χ2v) is 5.92. The number of nitrogens with zero attached hydrogens (tertiary/aromatic N) is 5. The normalized spacial score (nSPS) is 14.8. The third-order valence-electron chi connectivity index (χ3n) is 4.00. The molecular weight excluding hydrogens is 324 g/mol. The maximum atomic E-state index is 12.2. The molecule has 2 N–H and O–H groups in total. The number of anilines is 2. The summed E-state index contributed by atoms with van der Waals surface area (Å²) < 4.78 is 1.14. The Kier molecular flexibility index (Phi) is 5.22. The van der Waals surface area contributed by atoms with Crippen molar-refractivity contribution in [1.82, 2.24) is 19.7 Å². The van der Waals surface area contributed by atoms with Gasteiger partial charge in [-0.1, -0.05) is 12.8 Å². The maximum Gasteiger partial charge on any atom is 0.325 e. The third kappa shape index (κ3) is 4.52. The fraction of sp³-hybridized carbons (Fsp3) is 0.438. The average molecular weight is 344 g/mol. The van der Waals surface area contributed by atoms with E-state index in [0.29, 0.717) is 5.56 Å². The summed E-state index contributed by atoms with van der Waals surface area (Å²) in [4.78, 5) is 33.3. The van der Waals surface area contributed by atoms with Gasteiger partial charge in [0.1, 0.15) is 18.7 Å². The molecule has 25 heavy (non-hydrogen) atoms. The number of nitrogens with one attached hydrogen (secondary N) is 1. The first-order chi connectivity index (χ1) is 12.1. The minimum atomic E-state index is -1.03. The quantitative estimate of drug-likeness (QED) is 0.842. The van der Waals surface area contributed by atoms with E-state index in [1.54, 1.807) is 6.07 Å². The van der Waals surface area contributed by atoms with Crippen LogP contribution in [0.25, 0.3) is 0 Å². The smallest absolute Gasteiger partial charge is 0.325 e. The standard InChI is InChI=1S/C16H20N6O3/c23-14(24)10-22-11-18-16(20-22)19-15(25)12-5-6-13(17-9-12)21-7-3-1-2-4-8-21/h5-6,9,11H,1-4,7-8,10H2,(H,23,24)(H,19,20,25). The van der Waals surface area contributed by atoms with Gasteiger partial charge < -0.3 is 10.0 Å². The Bertz CT molecular complexity index is 735. The van der Waals surface area contributed by atoms with Gasteiger partial charge in [-0.15, -0.1) is 5.10 Å². The summed E-state index contributed by atoms with van der Waals surface area (Å²) >= 11 is 0. The Morgan fingerprint density at radius 2 is 1.88 bits per heavy atom. The van der Waals surface area contributed by atoms with Gasteiger partial charge in [0.15, 0.2) is 0 Å². The summed E-state index contributed by atoms with van der Waals surface area (Å²) in [5.41, 5.74) is 0.396. The molecule has 3 heterocycles. The molecule has 0 bridgehead atoms. The second kappa shape index (κ2) is 7.73. The van der Waals surface area contributed by atoms with Crippen molar-refractivity contribution in [3.63, 3.8) is 0 Å². The molecule has 0 atom stereocenters. The zero-order valence-corrected chi connectivity index (χ0v) is 13.8. The van der Waals surface area contributed by atoms with Crippen LogP contribution in [0.1, 0.15) is 36.0 Å². The van der Waals surface area contributed by atoms with Gasteiger partial charge in [0.05, 0.1) is 5.56 Å². The van der Waals surface area contributed by atoms with E-state index in [1.165, 1.54) is 25.4 Å². The molecule has 1 saturated heterocycles. The highest BCUT2D eigenvalue weighted by Crippen LogP contribution is 2.17. The van der Waals surface area contributed by atoms with Crippen LogP contribution >= 0.6 is 0 Å². The summed E-state index contributed by atoms with van der Waals surface area (Å²) in [6.45, 7) is 1.67. The third-order valence-corrected chi connectivity index (χ3v) is 4.00. The van der Waals surface area contributed by atoms with Crippen molar-refractivity contribution in [2.75, 3.05) is 23.3 Å². The molecule has 3 rings (SSSR count). The van der Waals surface area contributed by atoms with Crippen LogP contribution in [0.4, 0.5) is 11.8 Å². The Labute approximate surface area is 144 Å².